The third kappa shape index (κ3) is 2.12. The number of imide groups is 1. The number of carboxylic acid groups (broad SMARTS) is 1. The van der Waals surface area contributed by atoms with Gasteiger partial charge in [0.05, 0.1) is 18.8 Å². The molecule has 1 aliphatic heterocycles. The second-order valence-corrected chi connectivity index (χ2v) is 3.78. The molecule has 94 valence electrons. The maximum atomic E-state index is 11.6. The van der Waals surface area contributed by atoms with Crippen LogP contribution in [0.1, 0.15) is 16.9 Å². The second-order valence-electron chi connectivity index (χ2n) is 3.78. The summed E-state index contributed by atoms with van der Waals surface area (Å²) in [5.41, 5.74) is -0.188. The van der Waals surface area contributed by atoms with Crippen LogP contribution in [-0.4, -0.2) is 50.8 Å². The van der Waals surface area contributed by atoms with Crippen molar-refractivity contribution in [1.29, 1.82) is 0 Å². The van der Waals surface area contributed by atoms with Gasteiger partial charge in [0.1, 0.15) is 11.9 Å². The Labute approximate surface area is 102 Å². The number of likely N-dealkylation sites (tertiary alicyclic amines) is 1. The molecule has 1 atom stereocenters. The van der Waals surface area contributed by atoms with Crippen molar-refractivity contribution in [1.82, 2.24) is 14.9 Å². The first-order valence-electron chi connectivity index (χ1n) is 5.11. The van der Waals surface area contributed by atoms with Gasteiger partial charge in [-0.25, -0.2) is 14.8 Å². The van der Waals surface area contributed by atoms with Gasteiger partial charge in [-0.2, -0.15) is 0 Å². The van der Waals surface area contributed by atoms with Crippen LogP contribution < -0.4 is 5.32 Å². The van der Waals surface area contributed by atoms with Crippen molar-refractivity contribution in [3.8, 4) is 0 Å². The summed E-state index contributed by atoms with van der Waals surface area (Å²) in [6.07, 6.45) is 2.34. The van der Waals surface area contributed by atoms with Crippen LogP contribution in [0.3, 0.4) is 0 Å². The van der Waals surface area contributed by atoms with Crippen LogP contribution in [0.25, 0.3) is 0 Å². The summed E-state index contributed by atoms with van der Waals surface area (Å²) in [6, 6.07) is -0.674. The normalized spacial score (nSPS) is 19.2. The molecule has 1 saturated heterocycles. The minimum Gasteiger partial charge on any atom is -0.476 e. The molecule has 0 aliphatic carbocycles. The van der Waals surface area contributed by atoms with Crippen molar-refractivity contribution in [2.24, 2.45) is 0 Å². The van der Waals surface area contributed by atoms with E-state index in [1.807, 2.05) is 0 Å². The lowest BCUT2D eigenvalue weighted by molar-refractivity contribution is -0.136. The molecule has 1 unspecified atom stereocenters. The Hall–Kier alpha value is -2.51. The number of carbonyl (C=O) groups excluding carboxylic acids is 2. The number of carboxylic acids is 1. The van der Waals surface area contributed by atoms with E-state index < -0.39 is 12.0 Å². The van der Waals surface area contributed by atoms with Gasteiger partial charge in [-0.3, -0.25) is 14.5 Å². The number of nitrogens with one attached hydrogen (secondary N) is 1. The molecule has 2 rings (SSSR count). The highest BCUT2D eigenvalue weighted by Gasteiger charge is 2.36. The molecule has 2 N–H and O–H groups in total. The molecule has 2 amide bonds. The zero-order valence-corrected chi connectivity index (χ0v) is 9.45. The Morgan fingerprint density at radius 2 is 2.17 bits per heavy atom. The molecule has 8 heteroatoms. The molecule has 1 aromatic rings. The minimum atomic E-state index is -1.18. The van der Waals surface area contributed by atoms with Gasteiger partial charge < -0.3 is 10.4 Å². The Kier molecular flexibility index (Phi) is 2.92. The number of anilines is 1. The highest BCUT2D eigenvalue weighted by molar-refractivity contribution is 6.06. The van der Waals surface area contributed by atoms with E-state index in [9.17, 15) is 14.4 Å². The van der Waals surface area contributed by atoms with Gasteiger partial charge in [-0.15, -0.1) is 0 Å². The number of nitrogens with zero attached hydrogens (tertiary/aromatic N) is 3. The van der Waals surface area contributed by atoms with Crippen LogP contribution in [0.4, 0.5) is 5.82 Å². The largest absolute Gasteiger partial charge is 0.476 e. The maximum absolute atomic E-state index is 11.6. The van der Waals surface area contributed by atoms with E-state index in [-0.39, 0.29) is 29.7 Å². The maximum Gasteiger partial charge on any atom is 0.356 e. The van der Waals surface area contributed by atoms with E-state index in [0.29, 0.717) is 0 Å². The number of rotatable bonds is 3. The first kappa shape index (κ1) is 12.0. The van der Waals surface area contributed by atoms with Gasteiger partial charge in [0.25, 0.3) is 5.91 Å². The van der Waals surface area contributed by atoms with E-state index >= 15 is 0 Å². The molecule has 18 heavy (non-hydrogen) atoms. The van der Waals surface area contributed by atoms with Crippen LogP contribution in [0.15, 0.2) is 12.4 Å². The molecule has 1 fully saturated rings. The van der Waals surface area contributed by atoms with Gasteiger partial charge in [0.2, 0.25) is 5.91 Å². The third-order valence-electron chi connectivity index (χ3n) is 2.57. The number of aromatic carboxylic acids is 1. The quantitative estimate of drug-likeness (QED) is 0.685. The average molecular weight is 250 g/mol. The van der Waals surface area contributed by atoms with E-state index in [4.69, 9.17) is 5.11 Å². The standard InChI is InChI=1S/C10H10N4O4/c1-14-8(15)2-5(9(14)16)13-7-4-11-6(3-12-7)10(17)18/h3-5H,2H2,1H3,(H,12,13)(H,17,18). The Morgan fingerprint density at radius 3 is 2.61 bits per heavy atom. The van der Waals surface area contributed by atoms with E-state index in [0.717, 1.165) is 11.1 Å². The molecule has 1 aromatic heterocycles. The number of hydrogen-bond acceptors (Lipinski definition) is 6. The second kappa shape index (κ2) is 4.40. The smallest absolute Gasteiger partial charge is 0.356 e. The summed E-state index contributed by atoms with van der Waals surface area (Å²) in [4.78, 5) is 41.9. The summed E-state index contributed by atoms with van der Waals surface area (Å²) < 4.78 is 0. The highest BCUT2D eigenvalue weighted by atomic mass is 16.4. The molecule has 0 radical (unpaired) electrons. The Morgan fingerprint density at radius 1 is 1.44 bits per heavy atom. The molecule has 0 aromatic carbocycles. The molecule has 0 spiro atoms. The van der Waals surface area contributed by atoms with E-state index in [1.54, 1.807) is 0 Å². The van der Waals surface area contributed by atoms with Gasteiger partial charge in [-0.05, 0) is 0 Å². The van der Waals surface area contributed by atoms with Crippen LogP contribution in [0.2, 0.25) is 0 Å². The van der Waals surface area contributed by atoms with Gasteiger partial charge in [0, 0.05) is 7.05 Å². The van der Waals surface area contributed by atoms with Crippen LogP contribution in [-0.2, 0) is 9.59 Å². The van der Waals surface area contributed by atoms with Crippen molar-refractivity contribution in [2.75, 3.05) is 12.4 Å². The monoisotopic (exact) mass is 250 g/mol. The minimum absolute atomic E-state index is 0.0533. The molecule has 1 aliphatic rings. The van der Waals surface area contributed by atoms with Gasteiger partial charge in [-0.1, -0.05) is 0 Å². The first-order chi connectivity index (χ1) is 8.49. The first-order valence-corrected chi connectivity index (χ1v) is 5.11. The molecule has 0 saturated carbocycles. The lowest BCUT2D eigenvalue weighted by Crippen LogP contribution is -2.32. The summed E-state index contributed by atoms with van der Waals surface area (Å²) in [5, 5.41) is 11.4. The van der Waals surface area contributed by atoms with Crippen molar-refractivity contribution < 1.29 is 19.5 Å². The molecule has 0 bridgehead atoms. The Bertz CT molecular complexity index is 513. The van der Waals surface area contributed by atoms with Gasteiger partial charge >= 0.3 is 5.97 Å². The topological polar surface area (TPSA) is 112 Å². The number of likely N-dealkylation sites (N-methyl/N-ethyl adjacent to an activating group) is 1. The predicted molar refractivity (Wildman–Crippen MR) is 58.8 cm³/mol. The highest BCUT2D eigenvalue weighted by Crippen LogP contribution is 2.15. The number of aromatic nitrogens is 2. The van der Waals surface area contributed by atoms with Crippen LogP contribution >= 0.6 is 0 Å². The lowest BCUT2D eigenvalue weighted by Gasteiger charge is -2.10. The van der Waals surface area contributed by atoms with Crippen molar-refractivity contribution in [3.05, 3.63) is 18.1 Å². The van der Waals surface area contributed by atoms with Gasteiger partial charge in [0.15, 0.2) is 5.69 Å². The van der Waals surface area contributed by atoms with Crippen LogP contribution in [0, 0.1) is 0 Å². The third-order valence-corrected chi connectivity index (χ3v) is 2.57. The summed E-state index contributed by atoms with van der Waals surface area (Å²) in [7, 11) is 1.41. The van der Waals surface area contributed by atoms with Crippen molar-refractivity contribution in [2.45, 2.75) is 12.5 Å². The SMILES string of the molecule is CN1C(=O)CC(Nc2cnc(C(=O)O)cn2)C1=O. The summed E-state index contributed by atoms with van der Waals surface area (Å²) in [6.45, 7) is 0. The van der Waals surface area contributed by atoms with E-state index in [1.165, 1.54) is 13.2 Å². The van der Waals surface area contributed by atoms with E-state index in [2.05, 4.69) is 15.3 Å². The Balaban J connectivity index is 2.08. The summed E-state index contributed by atoms with van der Waals surface area (Å²) >= 11 is 0. The molecule has 8 nitrogen and oxygen atoms in total. The molecular formula is C10H10N4O4. The van der Waals surface area contributed by atoms with Crippen molar-refractivity contribution >= 4 is 23.6 Å². The molecular weight excluding hydrogens is 240 g/mol. The molecule has 2 heterocycles. The number of carbonyl (C=O) groups is 3. The fourth-order valence-electron chi connectivity index (χ4n) is 1.56. The van der Waals surface area contributed by atoms with Crippen LogP contribution in [0.5, 0.6) is 0 Å². The number of amides is 2. The zero-order chi connectivity index (χ0) is 13.3. The fourth-order valence-corrected chi connectivity index (χ4v) is 1.56. The lowest BCUT2D eigenvalue weighted by atomic mass is 10.2. The zero-order valence-electron chi connectivity index (χ0n) is 9.45. The van der Waals surface area contributed by atoms with Crippen molar-refractivity contribution in [3.63, 3.8) is 0 Å². The predicted octanol–water partition coefficient (Wildman–Crippen LogP) is -0.656. The number of hydrogen-bond donors (Lipinski definition) is 2. The summed E-state index contributed by atoms with van der Waals surface area (Å²) in [5.74, 6) is -1.54. The fraction of sp³-hybridized carbons (Fsp3) is 0.300. The average Bonchev–Trinajstić information content (AvgIpc) is 2.58.